The molecular formula is C11H25ClN2. The second kappa shape index (κ2) is 9.75. The molecule has 0 spiro atoms. The Morgan fingerprint density at radius 3 is 2.43 bits per heavy atom. The summed E-state index contributed by atoms with van der Waals surface area (Å²) >= 11 is 5.64. The summed E-state index contributed by atoms with van der Waals surface area (Å²) in [6, 6.07) is 0.601. The first-order chi connectivity index (χ1) is 6.74. The second-order valence-corrected chi connectivity index (χ2v) is 4.09. The van der Waals surface area contributed by atoms with Crippen LogP contribution in [0.5, 0.6) is 0 Å². The minimum atomic E-state index is 0.601. The Kier molecular flexibility index (Phi) is 9.90. The van der Waals surface area contributed by atoms with Crippen molar-refractivity contribution in [2.24, 2.45) is 0 Å². The summed E-state index contributed by atoms with van der Waals surface area (Å²) in [7, 11) is 0. The van der Waals surface area contributed by atoms with Gasteiger partial charge in [0, 0.05) is 25.0 Å². The number of hydrogen-bond donors (Lipinski definition) is 1. The van der Waals surface area contributed by atoms with Gasteiger partial charge in [-0.3, -0.25) is 0 Å². The summed E-state index contributed by atoms with van der Waals surface area (Å²) in [6.07, 6.45) is 2.29. The lowest BCUT2D eigenvalue weighted by Crippen LogP contribution is -2.35. The fourth-order valence-electron chi connectivity index (χ4n) is 1.49. The summed E-state index contributed by atoms with van der Waals surface area (Å²) in [5.41, 5.74) is 0. The molecule has 0 heterocycles. The third-order valence-electron chi connectivity index (χ3n) is 2.59. The van der Waals surface area contributed by atoms with Crippen LogP contribution in [0.4, 0.5) is 0 Å². The standard InChI is InChI=1S/C11H25ClN2/c1-4-14(5-2)10-9-13-11(3)7-6-8-12/h11,13H,4-10H2,1-3H3. The Morgan fingerprint density at radius 1 is 1.29 bits per heavy atom. The van der Waals surface area contributed by atoms with E-state index < -0.39 is 0 Å². The first kappa shape index (κ1) is 14.2. The van der Waals surface area contributed by atoms with Crippen LogP contribution in [-0.4, -0.2) is 43.0 Å². The molecule has 14 heavy (non-hydrogen) atoms. The van der Waals surface area contributed by atoms with Crippen molar-refractivity contribution in [3.63, 3.8) is 0 Å². The minimum Gasteiger partial charge on any atom is -0.313 e. The molecule has 0 radical (unpaired) electrons. The van der Waals surface area contributed by atoms with E-state index in [0.717, 1.165) is 38.5 Å². The van der Waals surface area contributed by atoms with Crippen LogP contribution in [0.15, 0.2) is 0 Å². The van der Waals surface area contributed by atoms with Crippen LogP contribution in [0, 0.1) is 0 Å². The van der Waals surface area contributed by atoms with Gasteiger partial charge in [-0.1, -0.05) is 13.8 Å². The first-order valence-electron chi connectivity index (χ1n) is 5.76. The predicted octanol–water partition coefficient (Wildman–Crippen LogP) is 2.33. The molecule has 2 nitrogen and oxygen atoms in total. The van der Waals surface area contributed by atoms with Gasteiger partial charge < -0.3 is 10.2 Å². The van der Waals surface area contributed by atoms with E-state index in [1.165, 1.54) is 6.42 Å². The lowest BCUT2D eigenvalue weighted by atomic mass is 10.2. The van der Waals surface area contributed by atoms with Crippen molar-refractivity contribution in [1.29, 1.82) is 0 Å². The van der Waals surface area contributed by atoms with Crippen LogP contribution in [-0.2, 0) is 0 Å². The number of nitrogens with one attached hydrogen (secondary N) is 1. The number of hydrogen-bond acceptors (Lipinski definition) is 2. The lowest BCUT2D eigenvalue weighted by molar-refractivity contribution is 0.296. The van der Waals surface area contributed by atoms with Gasteiger partial charge >= 0.3 is 0 Å². The summed E-state index contributed by atoms with van der Waals surface area (Å²) < 4.78 is 0. The molecule has 0 fully saturated rings. The number of alkyl halides is 1. The summed E-state index contributed by atoms with van der Waals surface area (Å²) in [5, 5.41) is 3.52. The number of rotatable bonds is 9. The molecule has 0 amide bonds. The molecule has 3 heteroatoms. The van der Waals surface area contributed by atoms with E-state index >= 15 is 0 Å². The molecule has 0 aromatic heterocycles. The maximum Gasteiger partial charge on any atom is 0.0224 e. The highest BCUT2D eigenvalue weighted by molar-refractivity contribution is 6.17. The topological polar surface area (TPSA) is 15.3 Å². The number of likely N-dealkylation sites (N-methyl/N-ethyl adjacent to an activating group) is 1. The maximum absolute atomic E-state index is 5.64. The Hall–Kier alpha value is 0.210. The molecule has 1 unspecified atom stereocenters. The maximum atomic E-state index is 5.64. The zero-order chi connectivity index (χ0) is 10.8. The van der Waals surface area contributed by atoms with E-state index in [9.17, 15) is 0 Å². The van der Waals surface area contributed by atoms with E-state index in [4.69, 9.17) is 11.6 Å². The first-order valence-corrected chi connectivity index (χ1v) is 6.29. The molecule has 0 rings (SSSR count). The molecule has 0 saturated heterocycles. The van der Waals surface area contributed by atoms with Crippen molar-refractivity contribution in [3.8, 4) is 0 Å². The van der Waals surface area contributed by atoms with Crippen LogP contribution in [0.3, 0.4) is 0 Å². The van der Waals surface area contributed by atoms with E-state index in [1.807, 2.05) is 0 Å². The summed E-state index contributed by atoms with van der Waals surface area (Å²) in [5.74, 6) is 0.780. The van der Waals surface area contributed by atoms with E-state index in [1.54, 1.807) is 0 Å². The molecule has 0 bridgehead atoms. The van der Waals surface area contributed by atoms with Crippen molar-refractivity contribution in [3.05, 3.63) is 0 Å². The molecule has 86 valence electrons. The third-order valence-corrected chi connectivity index (χ3v) is 2.85. The van der Waals surface area contributed by atoms with E-state index in [-0.39, 0.29) is 0 Å². The Bertz CT molecular complexity index is 116. The molecule has 0 aromatic carbocycles. The highest BCUT2D eigenvalue weighted by Crippen LogP contribution is 1.97. The van der Waals surface area contributed by atoms with Crippen molar-refractivity contribution >= 4 is 11.6 Å². The monoisotopic (exact) mass is 220 g/mol. The van der Waals surface area contributed by atoms with Gasteiger partial charge in [-0.25, -0.2) is 0 Å². The quantitative estimate of drug-likeness (QED) is 0.600. The minimum absolute atomic E-state index is 0.601. The summed E-state index contributed by atoms with van der Waals surface area (Å²) in [6.45, 7) is 11.2. The zero-order valence-electron chi connectivity index (χ0n) is 9.85. The molecular weight excluding hydrogens is 196 g/mol. The third kappa shape index (κ3) is 7.60. The molecule has 1 N–H and O–H groups in total. The molecule has 0 saturated carbocycles. The van der Waals surface area contributed by atoms with Crippen LogP contribution in [0.25, 0.3) is 0 Å². The van der Waals surface area contributed by atoms with Gasteiger partial charge in [0.15, 0.2) is 0 Å². The molecule has 0 aliphatic heterocycles. The Balaban J connectivity index is 3.33. The number of nitrogens with zero attached hydrogens (tertiary/aromatic N) is 1. The van der Waals surface area contributed by atoms with Crippen LogP contribution < -0.4 is 5.32 Å². The van der Waals surface area contributed by atoms with Crippen molar-refractivity contribution in [2.75, 3.05) is 32.1 Å². The van der Waals surface area contributed by atoms with Crippen LogP contribution >= 0.6 is 11.6 Å². The van der Waals surface area contributed by atoms with E-state index in [0.29, 0.717) is 6.04 Å². The Morgan fingerprint density at radius 2 is 1.93 bits per heavy atom. The average Bonchev–Trinajstić information content (AvgIpc) is 2.21. The Labute approximate surface area is 94.0 Å². The molecule has 0 aliphatic rings. The van der Waals surface area contributed by atoms with Crippen LogP contribution in [0.2, 0.25) is 0 Å². The normalized spacial score (nSPS) is 13.5. The zero-order valence-corrected chi connectivity index (χ0v) is 10.6. The second-order valence-electron chi connectivity index (χ2n) is 3.71. The highest BCUT2D eigenvalue weighted by Gasteiger charge is 2.02. The molecule has 0 aromatic rings. The SMILES string of the molecule is CCN(CC)CCNC(C)CCCCl. The van der Waals surface area contributed by atoms with Crippen molar-refractivity contribution < 1.29 is 0 Å². The van der Waals surface area contributed by atoms with Gasteiger partial charge in [-0.2, -0.15) is 0 Å². The predicted molar refractivity (Wildman–Crippen MR) is 65.2 cm³/mol. The van der Waals surface area contributed by atoms with Gasteiger partial charge in [-0.05, 0) is 32.9 Å². The van der Waals surface area contributed by atoms with Gasteiger partial charge in [0.2, 0.25) is 0 Å². The smallest absolute Gasteiger partial charge is 0.0224 e. The highest BCUT2D eigenvalue weighted by atomic mass is 35.5. The lowest BCUT2D eigenvalue weighted by Gasteiger charge is -2.20. The van der Waals surface area contributed by atoms with Gasteiger partial charge in [0.1, 0.15) is 0 Å². The van der Waals surface area contributed by atoms with Crippen LogP contribution in [0.1, 0.15) is 33.6 Å². The van der Waals surface area contributed by atoms with Crippen molar-refractivity contribution in [1.82, 2.24) is 10.2 Å². The number of halogens is 1. The summed E-state index contributed by atoms with van der Waals surface area (Å²) in [4.78, 5) is 2.43. The fraction of sp³-hybridized carbons (Fsp3) is 1.00. The molecule has 0 aliphatic carbocycles. The van der Waals surface area contributed by atoms with E-state index in [2.05, 4.69) is 31.0 Å². The fourth-order valence-corrected chi connectivity index (χ4v) is 1.65. The van der Waals surface area contributed by atoms with Gasteiger partial charge in [0.05, 0.1) is 0 Å². The van der Waals surface area contributed by atoms with Gasteiger partial charge in [0.25, 0.3) is 0 Å². The largest absolute Gasteiger partial charge is 0.313 e. The average molecular weight is 221 g/mol. The van der Waals surface area contributed by atoms with Gasteiger partial charge in [-0.15, -0.1) is 11.6 Å². The molecule has 1 atom stereocenters. The van der Waals surface area contributed by atoms with Crippen molar-refractivity contribution in [2.45, 2.75) is 39.7 Å².